The van der Waals surface area contributed by atoms with Crippen LogP contribution in [0.2, 0.25) is 5.02 Å². The van der Waals surface area contributed by atoms with E-state index in [2.05, 4.69) is 21.0 Å². The van der Waals surface area contributed by atoms with Gasteiger partial charge in [0, 0.05) is 73.3 Å². The third-order valence-corrected chi connectivity index (χ3v) is 6.21. The molecule has 0 spiro atoms. The summed E-state index contributed by atoms with van der Waals surface area (Å²) in [6, 6.07) is 10.7. The number of methoxy groups -OCH3 is 1. The molecule has 1 aromatic heterocycles. The molecule has 3 aromatic rings. The van der Waals surface area contributed by atoms with Crippen LogP contribution in [-0.2, 0) is 18.4 Å². The van der Waals surface area contributed by atoms with Gasteiger partial charge in [-0.25, -0.2) is 4.39 Å². The Kier molecular flexibility index (Phi) is 5.71. The lowest BCUT2D eigenvalue weighted by Gasteiger charge is -2.19. The van der Waals surface area contributed by atoms with Gasteiger partial charge < -0.3 is 14.6 Å². The van der Waals surface area contributed by atoms with Crippen LogP contribution in [0.15, 0.2) is 42.6 Å². The minimum atomic E-state index is -0.308. The van der Waals surface area contributed by atoms with E-state index in [9.17, 15) is 9.18 Å². The van der Waals surface area contributed by atoms with Crippen LogP contribution in [0.25, 0.3) is 10.9 Å². The Hall–Kier alpha value is -2.57. The zero-order valence-electron chi connectivity index (χ0n) is 17.3. The summed E-state index contributed by atoms with van der Waals surface area (Å²) in [5, 5.41) is 4.61. The van der Waals surface area contributed by atoms with Gasteiger partial charge in [-0.2, -0.15) is 0 Å². The topological polar surface area (TPSA) is 46.5 Å². The fourth-order valence-corrected chi connectivity index (χ4v) is 4.69. The van der Waals surface area contributed by atoms with Crippen molar-refractivity contribution in [3.63, 3.8) is 0 Å². The first-order valence-electron chi connectivity index (χ1n) is 9.92. The summed E-state index contributed by atoms with van der Waals surface area (Å²) in [4.78, 5) is 14.0. The molecule has 1 N–H and O–H groups in total. The molecule has 1 aliphatic heterocycles. The molecular formula is C23H25ClFN3O2. The van der Waals surface area contributed by atoms with Crippen molar-refractivity contribution < 1.29 is 13.9 Å². The Morgan fingerprint density at radius 1 is 1.30 bits per heavy atom. The molecular weight excluding hydrogens is 405 g/mol. The first-order valence-corrected chi connectivity index (χ1v) is 10.3. The first kappa shape index (κ1) is 20.7. The van der Waals surface area contributed by atoms with Crippen LogP contribution < -0.4 is 10.1 Å². The third kappa shape index (κ3) is 3.89. The number of hydrogen-bond donors (Lipinski definition) is 1. The van der Waals surface area contributed by atoms with E-state index < -0.39 is 0 Å². The molecule has 2 atom stereocenters. The number of aryl methyl sites for hydroxylation is 1. The summed E-state index contributed by atoms with van der Waals surface area (Å²) in [6.07, 6.45) is 2.11. The molecule has 4 rings (SSSR count). The van der Waals surface area contributed by atoms with E-state index in [1.807, 2.05) is 25.2 Å². The second kappa shape index (κ2) is 8.28. The molecule has 1 saturated heterocycles. The Morgan fingerprint density at radius 2 is 2.10 bits per heavy atom. The van der Waals surface area contributed by atoms with E-state index >= 15 is 0 Å². The number of fused-ring (bicyclic) bond motifs is 1. The number of hydrogen-bond acceptors (Lipinski definition) is 3. The molecule has 0 aliphatic carbocycles. The molecule has 158 valence electrons. The molecule has 1 aliphatic rings. The summed E-state index contributed by atoms with van der Waals surface area (Å²) in [5.41, 5.74) is 2.73. The summed E-state index contributed by atoms with van der Waals surface area (Å²) in [7, 11) is 3.66. The number of ether oxygens (including phenoxy) is 1. The van der Waals surface area contributed by atoms with E-state index in [0.29, 0.717) is 30.2 Å². The highest BCUT2D eigenvalue weighted by atomic mass is 35.5. The molecule has 2 heterocycles. The van der Waals surface area contributed by atoms with Crippen LogP contribution in [-0.4, -0.2) is 41.6 Å². The number of likely N-dealkylation sites (tertiary alicyclic amines) is 1. The van der Waals surface area contributed by atoms with Crippen molar-refractivity contribution in [2.24, 2.45) is 7.05 Å². The standard InChI is InChI=1S/C23H25ClFN3O2/c1-14(29)26-22-13-28(12-19-20(24)5-4-6-21(19)25)11-18(22)17-10-27(2)23-8-7-15(30-3)9-16(17)23/h4-10,18,22H,11-13H2,1-3H3,(H,26,29)/t18-,22+/m1/s1. The number of nitrogens with zero attached hydrogens (tertiary/aromatic N) is 2. The highest BCUT2D eigenvalue weighted by molar-refractivity contribution is 6.31. The largest absolute Gasteiger partial charge is 0.497 e. The van der Waals surface area contributed by atoms with Gasteiger partial charge in [0.2, 0.25) is 5.91 Å². The summed E-state index contributed by atoms with van der Waals surface area (Å²) in [5.74, 6) is 0.472. The minimum absolute atomic E-state index is 0.0651. The molecule has 0 unspecified atom stereocenters. The van der Waals surface area contributed by atoms with Crippen LogP contribution in [0.5, 0.6) is 5.75 Å². The van der Waals surface area contributed by atoms with Gasteiger partial charge >= 0.3 is 0 Å². The van der Waals surface area contributed by atoms with Gasteiger partial charge in [-0.05, 0) is 35.9 Å². The number of carbonyl (C=O) groups excluding carboxylic acids is 1. The van der Waals surface area contributed by atoms with Crippen LogP contribution in [0.1, 0.15) is 24.0 Å². The number of aromatic nitrogens is 1. The third-order valence-electron chi connectivity index (χ3n) is 5.85. The monoisotopic (exact) mass is 429 g/mol. The van der Waals surface area contributed by atoms with Crippen molar-refractivity contribution in [1.29, 1.82) is 0 Å². The lowest BCUT2D eigenvalue weighted by atomic mass is 9.93. The highest BCUT2D eigenvalue weighted by Gasteiger charge is 2.36. The smallest absolute Gasteiger partial charge is 0.217 e. The summed E-state index contributed by atoms with van der Waals surface area (Å²) in [6.45, 7) is 3.23. The van der Waals surface area contributed by atoms with Crippen LogP contribution in [0, 0.1) is 5.82 Å². The van der Waals surface area contributed by atoms with Crippen molar-refractivity contribution in [1.82, 2.24) is 14.8 Å². The van der Waals surface area contributed by atoms with Crippen molar-refractivity contribution >= 4 is 28.4 Å². The molecule has 1 fully saturated rings. The van der Waals surface area contributed by atoms with Crippen molar-refractivity contribution in [3.8, 4) is 5.75 Å². The van der Waals surface area contributed by atoms with Crippen molar-refractivity contribution in [2.45, 2.75) is 25.4 Å². The van der Waals surface area contributed by atoms with E-state index in [0.717, 1.165) is 22.2 Å². The van der Waals surface area contributed by atoms with Crippen LogP contribution in [0.3, 0.4) is 0 Å². The molecule has 30 heavy (non-hydrogen) atoms. The average molecular weight is 430 g/mol. The number of benzene rings is 2. The van der Waals surface area contributed by atoms with Gasteiger partial charge in [-0.1, -0.05) is 17.7 Å². The van der Waals surface area contributed by atoms with E-state index in [-0.39, 0.29) is 23.7 Å². The zero-order valence-corrected chi connectivity index (χ0v) is 18.0. The molecule has 0 bridgehead atoms. The number of nitrogens with one attached hydrogen (secondary N) is 1. The Bertz CT molecular complexity index is 1080. The van der Waals surface area contributed by atoms with Crippen molar-refractivity contribution in [2.75, 3.05) is 20.2 Å². The lowest BCUT2D eigenvalue weighted by molar-refractivity contribution is -0.119. The van der Waals surface area contributed by atoms with Crippen LogP contribution >= 0.6 is 11.6 Å². The molecule has 2 aromatic carbocycles. The Balaban J connectivity index is 1.69. The maximum Gasteiger partial charge on any atom is 0.217 e. The number of rotatable bonds is 5. The average Bonchev–Trinajstić information content (AvgIpc) is 3.24. The van der Waals surface area contributed by atoms with Crippen molar-refractivity contribution in [3.05, 3.63) is 64.6 Å². The number of amides is 1. The van der Waals surface area contributed by atoms with Gasteiger partial charge in [0.1, 0.15) is 11.6 Å². The first-order chi connectivity index (χ1) is 14.4. The lowest BCUT2D eigenvalue weighted by Crippen LogP contribution is -2.38. The summed E-state index contributed by atoms with van der Waals surface area (Å²) >= 11 is 6.24. The van der Waals surface area contributed by atoms with Gasteiger partial charge in [-0.15, -0.1) is 0 Å². The highest BCUT2D eigenvalue weighted by Crippen LogP contribution is 2.36. The van der Waals surface area contributed by atoms with Gasteiger partial charge in [0.15, 0.2) is 0 Å². The molecule has 7 heteroatoms. The Morgan fingerprint density at radius 3 is 2.80 bits per heavy atom. The summed E-state index contributed by atoms with van der Waals surface area (Å²) < 4.78 is 21.8. The number of halogens is 2. The molecule has 5 nitrogen and oxygen atoms in total. The van der Waals surface area contributed by atoms with Gasteiger partial charge in [-0.3, -0.25) is 9.69 Å². The SMILES string of the molecule is COc1ccc2c(c1)c([C@H]1CN(Cc3c(F)cccc3Cl)C[C@@H]1NC(C)=O)cn2C. The maximum absolute atomic E-state index is 14.3. The molecule has 1 amide bonds. The van der Waals surface area contributed by atoms with E-state index in [1.165, 1.54) is 13.0 Å². The second-order valence-corrected chi connectivity index (χ2v) is 8.29. The Labute approximate surface area is 180 Å². The fraction of sp³-hybridized carbons (Fsp3) is 0.348. The predicted molar refractivity (Wildman–Crippen MR) is 117 cm³/mol. The molecule has 0 radical (unpaired) electrons. The predicted octanol–water partition coefficient (Wildman–Crippen LogP) is 4.08. The zero-order chi connectivity index (χ0) is 21.4. The maximum atomic E-state index is 14.3. The van der Waals surface area contributed by atoms with Crippen LogP contribution in [0.4, 0.5) is 4.39 Å². The van der Waals surface area contributed by atoms with E-state index in [4.69, 9.17) is 16.3 Å². The van der Waals surface area contributed by atoms with E-state index in [1.54, 1.807) is 19.2 Å². The fourth-order valence-electron chi connectivity index (χ4n) is 4.47. The van der Waals surface area contributed by atoms with Gasteiger partial charge in [0.25, 0.3) is 0 Å². The quantitative estimate of drug-likeness (QED) is 0.664. The number of carbonyl (C=O) groups is 1. The van der Waals surface area contributed by atoms with Gasteiger partial charge in [0.05, 0.1) is 7.11 Å². The second-order valence-electron chi connectivity index (χ2n) is 7.89. The normalized spacial score (nSPS) is 19.4. The minimum Gasteiger partial charge on any atom is -0.497 e. The molecule has 0 saturated carbocycles.